The van der Waals surface area contributed by atoms with Crippen LogP contribution < -0.4 is 0 Å². The van der Waals surface area contributed by atoms with E-state index in [-0.39, 0.29) is 6.61 Å². The van der Waals surface area contributed by atoms with Crippen LogP contribution in [0.4, 0.5) is 0 Å². The van der Waals surface area contributed by atoms with Gasteiger partial charge in [-0.05, 0) is 31.4 Å². The number of benzene rings is 1. The molecule has 3 rings (SSSR count). The number of halogens is 1. The van der Waals surface area contributed by atoms with Crippen molar-refractivity contribution in [3.63, 3.8) is 0 Å². The van der Waals surface area contributed by atoms with Crippen molar-refractivity contribution in [3.05, 3.63) is 40.1 Å². The normalized spacial score (nSPS) is 14.4. The number of hydrogen-bond acceptors (Lipinski definition) is 2. The predicted molar refractivity (Wildman–Crippen MR) is 79.1 cm³/mol. The molecule has 0 atom stereocenters. The van der Waals surface area contributed by atoms with Gasteiger partial charge >= 0.3 is 0 Å². The highest BCUT2D eigenvalue weighted by Gasteiger charge is 2.20. The molecule has 2 heterocycles. The highest BCUT2D eigenvalue weighted by atomic mass is 79.9. The van der Waals surface area contributed by atoms with Crippen LogP contribution in [-0.4, -0.2) is 21.3 Å². The summed E-state index contributed by atoms with van der Waals surface area (Å²) in [7, 11) is 0. The molecule has 0 fully saturated rings. The Morgan fingerprint density at radius 1 is 1.21 bits per heavy atom. The molecule has 2 aromatic rings. The number of fused-ring (bicyclic) bond motifs is 1. The van der Waals surface area contributed by atoms with Crippen molar-refractivity contribution in [3.8, 4) is 11.4 Å². The topological polar surface area (TPSA) is 38.1 Å². The van der Waals surface area contributed by atoms with Gasteiger partial charge in [-0.2, -0.15) is 0 Å². The first kappa shape index (κ1) is 12.9. The second kappa shape index (κ2) is 5.47. The summed E-state index contributed by atoms with van der Waals surface area (Å²) in [6, 6.07) is 8.28. The summed E-state index contributed by atoms with van der Waals surface area (Å²) in [4.78, 5) is 4.77. The maximum absolute atomic E-state index is 9.18. The van der Waals surface area contributed by atoms with Crippen LogP contribution in [0.1, 0.15) is 24.2 Å². The van der Waals surface area contributed by atoms with Crippen LogP contribution in [0.2, 0.25) is 0 Å². The van der Waals surface area contributed by atoms with Crippen molar-refractivity contribution in [1.29, 1.82) is 0 Å². The van der Waals surface area contributed by atoms with E-state index in [1.165, 1.54) is 18.5 Å². The monoisotopic (exact) mass is 320 g/mol. The van der Waals surface area contributed by atoms with E-state index >= 15 is 0 Å². The van der Waals surface area contributed by atoms with E-state index in [0.29, 0.717) is 6.42 Å². The molecule has 1 aromatic carbocycles. The van der Waals surface area contributed by atoms with E-state index < -0.39 is 0 Å². The third-order valence-electron chi connectivity index (χ3n) is 3.65. The molecule has 19 heavy (non-hydrogen) atoms. The molecule has 0 radical (unpaired) electrons. The van der Waals surface area contributed by atoms with Gasteiger partial charge in [-0.15, -0.1) is 0 Å². The average Bonchev–Trinajstić information content (AvgIpc) is 2.80. The third-order valence-corrected chi connectivity index (χ3v) is 4.18. The zero-order chi connectivity index (χ0) is 13.2. The molecule has 0 spiro atoms. The third kappa shape index (κ3) is 2.47. The highest BCUT2D eigenvalue weighted by molar-refractivity contribution is 9.10. The smallest absolute Gasteiger partial charge is 0.140 e. The van der Waals surface area contributed by atoms with Crippen LogP contribution in [0.15, 0.2) is 28.7 Å². The molecule has 1 aromatic heterocycles. The molecule has 0 amide bonds. The van der Waals surface area contributed by atoms with Crippen molar-refractivity contribution in [1.82, 2.24) is 9.55 Å². The number of imidazole rings is 1. The maximum Gasteiger partial charge on any atom is 0.140 e. The van der Waals surface area contributed by atoms with Gasteiger partial charge in [-0.25, -0.2) is 4.98 Å². The van der Waals surface area contributed by atoms with Crippen LogP contribution in [0.3, 0.4) is 0 Å². The molecule has 0 aliphatic carbocycles. The number of aromatic nitrogens is 2. The van der Waals surface area contributed by atoms with Crippen molar-refractivity contribution < 1.29 is 5.11 Å². The molecule has 100 valence electrons. The fourth-order valence-corrected chi connectivity index (χ4v) is 3.01. The molecule has 0 unspecified atom stereocenters. The Morgan fingerprint density at radius 3 is 2.74 bits per heavy atom. The molecule has 1 N–H and O–H groups in total. The summed E-state index contributed by atoms with van der Waals surface area (Å²) in [6.07, 6.45) is 4.18. The number of nitrogens with zero attached hydrogens (tertiary/aromatic N) is 2. The van der Waals surface area contributed by atoms with E-state index in [9.17, 15) is 5.11 Å². The first-order valence-electron chi connectivity index (χ1n) is 6.74. The molecule has 1 aliphatic heterocycles. The zero-order valence-corrected chi connectivity index (χ0v) is 12.4. The SMILES string of the molecule is OCCc1nc(-c2ccc(Br)cc2)n2c1CCCC2. The van der Waals surface area contributed by atoms with Gasteiger partial charge < -0.3 is 9.67 Å². The highest BCUT2D eigenvalue weighted by Crippen LogP contribution is 2.28. The first-order chi connectivity index (χ1) is 9.29. The lowest BCUT2D eigenvalue weighted by Gasteiger charge is -2.17. The maximum atomic E-state index is 9.18. The molecule has 0 saturated carbocycles. The van der Waals surface area contributed by atoms with E-state index in [1.54, 1.807) is 0 Å². The molecular weight excluding hydrogens is 304 g/mol. The van der Waals surface area contributed by atoms with Gasteiger partial charge in [0.05, 0.1) is 5.69 Å². The summed E-state index contributed by atoms with van der Waals surface area (Å²) >= 11 is 3.46. The number of aliphatic hydroxyl groups excluding tert-OH is 1. The van der Waals surface area contributed by atoms with Gasteiger partial charge in [-0.3, -0.25) is 0 Å². The number of aliphatic hydroxyl groups is 1. The van der Waals surface area contributed by atoms with Crippen molar-refractivity contribution in [2.24, 2.45) is 0 Å². The molecule has 3 nitrogen and oxygen atoms in total. The Morgan fingerprint density at radius 2 is 2.00 bits per heavy atom. The van der Waals surface area contributed by atoms with Gasteiger partial charge in [0.15, 0.2) is 0 Å². The Bertz CT molecular complexity index is 575. The molecule has 4 heteroatoms. The van der Waals surface area contributed by atoms with Crippen molar-refractivity contribution in [2.75, 3.05) is 6.61 Å². The predicted octanol–water partition coefficient (Wildman–Crippen LogP) is 3.18. The number of hydrogen-bond donors (Lipinski definition) is 1. The van der Waals surface area contributed by atoms with Crippen molar-refractivity contribution >= 4 is 15.9 Å². The first-order valence-corrected chi connectivity index (χ1v) is 7.54. The zero-order valence-electron chi connectivity index (χ0n) is 10.8. The minimum absolute atomic E-state index is 0.170. The van der Waals surface area contributed by atoms with Crippen LogP contribution in [-0.2, 0) is 19.4 Å². The Balaban J connectivity index is 2.07. The number of rotatable bonds is 3. The van der Waals surface area contributed by atoms with Crippen LogP contribution in [0, 0.1) is 0 Å². The van der Waals surface area contributed by atoms with Crippen molar-refractivity contribution in [2.45, 2.75) is 32.2 Å². The summed E-state index contributed by atoms with van der Waals surface area (Å²) in [5, 5.41) is 9.18. The Hall–Kier alpha value is -1.13. The van der Waals surface area contributed by atoms with E-state index in [4.69, 9.17) is 4.98 Å². The molecule has 0 saturated heterocycles. The summed E-state index contributed by atoms with van der Waals surface area (Å²) in [5.74, 6) is 1.05. The van der Waals surface area contributed by atoms with Crippen LogP contribution in [0.25, 0.3) is 11.4 Å². The quantitative estimate of drug-likeness (QED) is 0.943. The second-order valence-electron chi connectivity index (χ2n) is 4.92. The van der Waals surface area contributed by atoms with Gasteiger partial charge in [0.1, 0.15) is 5.82 Å². The van der Waals surface area contributed by atoms with E-state index in [1.807, 2.05) is 12.1 Å². The summed E-state index contributed by atoms with van der Waals surface area (Å²) in [5.41, 5.74) is 3.54. The van der Waals surface area contributed by atoms with Crippen LogP contribution >= 0.6 is 15.9 Å². The van der Waals surface area contributed by atoms with Gasteiger partial charge in [0.25, 0.3) is 0 Å². The largest absolute Gasteiger partial charge is 0.396 e. The van der Waals surface area contributed by atoms with Gasteiger partial charge in [-0.1, -0.05) is 28.1 Å². The Labute approximate surface area is 121 Å². The fourth-order valence-electron chi connectivity index (χ4n) is 2.74. The van der Waals surface area contributed by atoms with Crippen LogP contribution in [0.5, 0.6) is 0 Å². The Kier molecular flexibility index (Phi) is 3.71. The minimum Gasteiger partial charge on any atom is -0.396 e. The summed E-state index contributed by atoms with van der Waals surface area (Å²) in [6.45, 7) is 1.21. The lowest BCUT2D eigenvalue weighted by molar-refractivity contribution is 0.297. The second-order valence-corrected chi connectivity index (χ2v) is 5.83. The molecular formula is C15H17BrN2O. The summed E-state index contributed by atoms with van der Waals surface area (Å²) < 4.78 is 3.41. The van der Waals surface area contributed by atoms with Gasteiger partial charge in [0, 0.05) is 35.3 Å². The standard InChI is InChI=1S/C15H17BrN2O/c16-12-6-4-11(5-7-12)15-17-13(8-10-19)14-3-1-2-9-18(14)15/h4-7,19H,1-3,8-10H2. The lowest BCUT2D eigenvalue weighted by Crippen LogP contribution is -2.12. The molecule has 0 bridgehead atoms. The average molecular weight is 321 g/mol. The molecule has 1 aliphatic rings. The van der Waals surface area contributed by atoms with E-state index in [2.05, 4.69) is 32.6 Å². The van der Waals surface area contributed by atoms with Gasteiger partial charge in [0.2, 0.25) is 0 Å². The van der Waals surface area contributed by atoms with E-state index in [0.717, 1.165) is 34.5 Å². The minimum atomic E-state index is 0.170. The lowest BCUT2D eigenvalue weighted by atomic mass is 10.1. The fraction of sp³-hybridized carbons (Fsp3) is 0.400.